The van der Waals surface area contributed by atoms with Crippen LogP contribution in [0.15, 0.2) is 0 Å². The summed E-state index contributed by atoms with van der Waals surface area (Å²) >= 11 is 0. The number of hydrogen-bond acceptors (Lipinski definition) is 1. The molecule has 0 aliphatic heterocycles. The fourth-order valence-electron chi connectivity index (χ4n) is 2.51. The maximum atomic E-state index is 10.2. The zero-order valence-corrected chi connectivity index (χ0v) is 10.8. The van der Waals surface area contributed by atoms with Crippen molar-refractivity contribution in [2.24, 2.45) is 11.3 Å². The van der Waals surface area contributed by atoms with E-state index < -0.39 is 0 Å². The van der Waals surface area contributed by atoms with Gasteiger partial charge >= 0.3 is 0 Å². The van der Waals surface area contributed by atoms with Gasteiger partial charge in [0.25, 0.3) is 0 Å². The Morgan fingerprint density at radius 1 is 1.07 bits per heavy atom. The maximum absolute atomic E-state index is 10.2. The molecule has 1 unspecified atom stereocenters. The van der Waals surface area contributed by atoms with Gasteiger partial charge in [-0.25, -0.2) is 0 Å². The minimum atomic E-state index is -0.0395. The summed E-state index contributed by atoms with van der Waals surface area (Å²) in [5, 5.41) is 10.2. The lowest BCUT2D eigenvalue weighted by molar-refractivity contribution is 0.0783. The van der Waals surface area contributed by atoms with Gasteiger partial charge in [0.15, 0.2) is 0 Å². The Morgan fingerprint density at radius 3 is 2.07 bits per heavy atom. The maximum Gasteiger partial charge on any atom is 0.0568 e. The zero-order valence-electron chi connectivity index (χ0n) is 10.8. The van der Waals surface area contributed by atoms with Gasteiger partial charge in [0.2, 0.25) is 0 Å². The molecule has 1 aliphatic carbocycles. The molecular weight excluding hydrogens is 184 g/mol. The van der Waals surface area contributed by atoms with Crippen LogP contribution in [0.2, 0.25) is 0 Å². The second kappa shape index (κ2) is 5.89. The first-order valence-electron chi connectivity index (χ1n) is 6.67. The highest BCUT2D eigenvalue weighted by Crippen LogP contribution is 2.30. The van der Waals surface area contributed by atoms with Crippen molar-refractivity contribution in [2.75, 3.05) is 0 Å². The van der Waals surface area contributed by atoms with Gasteiger partial charge in [0, 0.05) is 0 Å². The van der Waals surface area contributed by atoms with Gasteiger partial charge in [0.05, 0.1) is 6.10 Å². The van der Waals surface area contributed by atoms with Crippen molar-refractivity contribution in [1.82, 2.24) is 0 Å². The van der Waals surface area contributed by atoms with Crippen molar-refractivity contribution in [1.29, 1.82) is 0 Å². The van der Waals surface area contributed by atoms with E-state index in [1.807, 2.05) is 0 Å². The molecule has 0 heterocycles. The Morgan fingerprint density at radius 2 is 1.60 bits per heavy atom. The Labute approximate surface area is 95.3 Å². The molecule has 1 rings (SSSR count). The zero-order chi connectivity index (χ0) is 11.3. The summed E-state index contributed by atoms with van der Waals surface area (Å²) in [5.41, 5.74) is 0.367. The molecule has 0 aromatic heterocycles. The first-order valence-corrected chi connectivity index (χ1v) is 6.67. The van der Waals surface area contributed by atoms with E-state index in [-0.39, 0.29) is 6.10 Å². The third kappa shape index (κ3) is 5.55. The lowest BCUT2D eigenvalue weighted by Gasteiger charge is -2.25. The van der Waals surface area contributed by atoms with E-state index in [2.05, 4.69) is 20.8 Å². The van der Waals surface area contributed by atoms with Crippen LogP contribution in [-0.4, -0.2) is 11.2 Å². The molecule has 1 nitrogen and oxygen atoms in total. The summed E-state index contributed by atoms with van der Waals surface area (Å²) in [4.78, 5) is 0. The third-order valence-corrected chi connectivity index (χ3v) is 3.63. The molecule has 1 aliphatic rings. The lowest BCUT2D eigenvalue weighted by Crippen LogP contribution is -2.22. The van der Waals surface area contributed by atoms with Gasteiger partial charge in [-0.3, -0.25) is 0 Å². The predicted molar refractivity (Wildman–Crippen MR) is 65.9 cm³/mol. The summed E-state index contributed by atoms with van der Waals surface area (Å²) in [5.74, 6) is 0.592. The van der Waals surface area contributed by atoms with Crippen LogP contribution in [0.5, 0.6) is 0 Å². The van der Waals surface area contributed by atoms with Crippen molar-refractivity contribution < 1.29 is 5.11 Å². The molecule has 0 spiro atoms. The Balaban J connectivity index is 2.28. The highest BCUT2D eigenvalue weighted by atomic mass is 16.3. The van der Waals surface area contributed by atoms with Gasteiger partial charge < -0.3 is 5.11 Å². The summed E-state index contributed by atoms with van der Waals surface area (Å²) < 4.78 is 0. The van der Waals surface area contributed by atoms with Crippen LogP contribution in [0, 0.1) is 11.3 Å². The van der Waals surface area contributed by atoms with Gasteiger partial charge in [-0.2, -0.15) is 0 Å². The summed E-state index contributed by atoms with van der Waals surface area (Å²) in [6, 6.07) is 0. The molecule has 15 heavy (non-hydrogen) atoms. The molecule has 1 atom stereocenters. The topological polar surface area (TPSA) is 20.2 Å². The molecule has 1 fully saturated rings. The van der Waals surface area contributed by atoms with Crippen LogP contribution in [0.25, 0.3) is 0 Å². The van der Waals surface area contributed by atoms with E-state index in [0.717, 1.165) is 12.8 Å². The molecule has 0 bridgehead atoms. The first-order chi connectivity index (χ1) is 6.99. The van der Waals surface area contributed by atoms with Gasteiger partial charge in [-0.05, 0) is 37.0 Å². The molecule has 1 saturated carbocycles. The average molecular weight is 212 g/mol. The predicted octanol–water partition coefficient (Wildman–Crippen LogP) is 4.14. The number of rotatable bonds is 3. The quantitative estimate of drug-likeness (QED) is 0.697. The highest BCUT2D eigenvalue weighted by Gasteiger charge is 2.22. The monoisotopic (exact) mass is 212 g/mol. The SMILES string of the molecule is CC(C)(C)CCC(O)C1CCCCCC1. The minimum absolute atomic E-state index is 0.0395. The normalized spacial score (nSPS) is 22.4. The number of aliphatic hydroxyl groups excluding tert-OH is 1. The molecule has 0 aromatic carbocycles. The Bertz CT molecular complexity index is 161. The van der Waals surface area contributed by atoms with Crippen LogP contribution in [0.3, 0.4) is 0 Å². The van der Waals surface area contributed by atoms with Gasteiger partial charge in [-0.1, -0.05) is 46.5 Å². The van der Waals surface area contributed by atoms with Crippen LogP contribution in [-0.2, 0) is 0 Å². The molecular formula is C14H28O. The molecule has 90 valence electrons. The van der Waals surface area contributed by atoms with E-state index in [0.29, 0.717) is 11.3 Å². The highest BCUT2D eigenvalue weighted by molar-refractivity contribution is 4.74. The van der Waals surface area contributed by atoms with E-state index >= 15 is 0 Å². The van der Waals surface area contributed by atoms with Crippen molar-refractivity contribution in [3.63, 3.8) is 0 Å². The van der Waals surface area contributed by atoms with E-state index in [1.165, 1.54) is 38.5 Å². The fraction of sp³-hybridized carbons (Fsp3) is 1.00. The smallest absolute Gasteiger partial charge is 0.0568 e. The number of hydrogen-bond donors (Lipinski definition) is 1. The van der Waals surface area contributed by atoms with Crippen LogP contribution < -0.4 is 0 Å². The van der Waals surface area contributed by atoms with E-state index in [1.54, 1.807) is 0 Å². The molecule has 1 heteroatoms. The van der Waals surface area contributed by atoms with Crippen LogP contribution in [0.4, 0.5) is 0 Å². The van der Waals surface area contributed by atoms with E-state index in [9.17, 15) is 5.11 Å². The van der Waals surface area contributed by atoms with E-state index in [4.69, 9.17) is 0 Å². The van der Waals surface area contributed by atoms with Crippen molar-refractivity contribution in [3.8, 4) is 0 Å². The Kier molecular flexibility index (Phi) is 5.11. The van der Waals surface area contributed by atoms with Crippen molar-refractivity contribution in [3.05, 3.63) is 0 Å². The Hall–Kier alpha value is -0.0400. The second-order valence-electron chi connectivity index (χ2n) is 6.42. The molecule has 0 amide bonds. The molecule has 1 N–H and O–H groups in total. The fourth-order valence-corrected chi connectivity index (χ4v) is 2.51. The number of aliphatic hydroxyl groups is 1. The first kappa shape index (κ1) is 13.0. The summed E-state index contributed by atoms with van der Waals surface area (Å²) in [7, 11) is 0. The molecule has 0 aromatic rings. The standard InChI is InChI=1S/C14H28O/c1-14(2,3)11-10-13(15)12-8-6-4-5-7-9-12/h12-13,15H,4-11H2,1-3H3. The van der Waals surface area contributed by atoms with Crippen molar-refractivity contribution in [2.45, 2.75) is 78.2 Å². The van der Waals surface area contributed by atoms with Crippen LogP contribution in [0.1, 0.15) is 72.1 Å². The molecule has 0 radical (unpaired) electrons. The summed E-state index contributed by atoms with van der Waals surface area (Å²) in [6.45, 7) is 6.77. The minimum Gasteiger partial charge on any atom is -0.393 e. The van der Waals surface area contributed by atoms with Crippen molar-refractivity contribution >= 4 is 0 Å². The largest absolute Gasteiger partial charge is 0.393 e. The second-order valence-corrected chi connectivity index (χ2v) is 6.42. The average Bonchev–Trinajstić information content (AvgIpc) is 2.41. The van der Waals surface area contributed by atoms with Gasteiger partial charge in [0.1, 0.15) is 0 Å². The van der Waals surface area contributed by atoms with Crippen LogP contribution >= 0.6 is 0 Å². The third-order valence-electron chi connectivity index (χ3n) is 3.63. The summed E-state index contributed by atoms with van der Waals surface area (Å²) in [6.07, 6.45) is 10.0. The molecule has 0 saturated heterocycles. The lowest BCUT2D eigenvalue weighted by atomic mass is 9.84. The van der Waals surface area contributed by atoms with Gasteiger partial charge in [-0.15, -0.1) is 0 Å².